The van der Waals surface area contributed by atoms with Crippen LogP contribution >= 0.6 is 0 Å². The van der Waals surface area contributed by atoms with Crippen LogP contribution in [0.25, 0.3) is 11.0 Å². The van der Waals surface area contributed by atoms with Gasteiger partial charge in [-0.2, -0.15) is 0 Å². The van der Waals surface area contributed by atoms with Crippen molar-refractivity contribution in [2.45, 2.75) is 19.0 Å². The SMILES string of the molecule is Fc1cc(F)cc(N2C=C3CCCN3C2c2ccc3nccnc3c2)c1. The molecule has 1 atom stereocenters. The summed E-state index contributed by atoms with van der Waals surface area (Å²) >= 11 is 0. The molecule has 1 aromatic heterocycles. The fraction of sp³-hybridized carbons (Fsp3) is 0.200. The maximum atomic E-state index is 13.8. The number of nitrogens with zero attached hydrogens (tertiary/aromatic N) is 4. The lowest BCUT2D eigenvalue weighted by Crippen LogP contribution is -2.30. The van der Waals surface area contributed by atoms with Gasteiger partial charge in [-0.25, -0.2) is 8.78 Å². The van der Waals surface area contributed by atoms with E-state index >= 15 is 0 Å². The summed E-state index contributed by atoms with van der Waals surface area (Å²) in [6.07, 6.45) is 7.26. The van der Waals surface area contributed by atoms with Crippen LogP contribution in [0.4, 0.5) is 14.5 Å². The van der Waals surface area contributed by atoms with E-state index in [-0.39, 0.29) is 6.17 Å². The number of hydrogen-bond acceptors (Lipinski definition) is 4. The average molecular weight is 350 g/mol. The highest BCUT2D eigenvalue weighted by atomic mass is 19.1. The molecule has 1 fully saturated rings. The fourth-order valence-electron chi connectivity index (χ4n) is 3.90. The predicted molar refractivity (Wildman–Crippen MR) is 95.1 cm³/mol. The molecule has 0 aliphatic carbocycles. The highest BCUT2D eigenvalue weighted by molar-refractivity contribution is 5.75. The molecule has 0 spiro atoms. The number of halogens is 2. The van der Waals surface area contributed by atoms with Crippen LogP contribution in [0, 0.1) is 11.6 Å². The van der Waals surface area contributed by atoms with E-state index in [0.29, 0.717) is 5.69 Å². The number of fused-ring (bicyclic) bond motifs is 2. The number of rotatable bonds is 2. The van der Waals surface area contributed by atoms with Gasteiger partial charge in [-0.1, -0.05) is 6.07 Å². The summed E-state index contributed by atoms with van der Waals surface area (Å²) in [4.78, 5) is 12.9. The summed E-state index contributed by atoms with van der Waals surface area (Å²) in [6.45, 7) is 0.920. The number of anilines is 1. The second-order valence-electron chi connectivity index (χ2n) is 6.63. The van der Waals surface area contributed by atoms with E-state index in [1.165, 1.54) is 17.8 Å². The molecule has 26 heavy (non-hydrogen) atoms. The van der Waals surface area contributed by atoms with Crippen LogP contribution in [-0.2, 0) is 0 Å². The second-order valence-corrected chi connectivity index (χ2v) is 6.63. The number of allylic oxidation sites excluding steroid dienone is 1. The molecule has 0 N–H and O–H groups in total. The van der Waals surface area contributed by atoms with Crippen molar-refractivity contribution in [2.75, 3.05) is 11.4 Å². The molecule has 2 aromatic carbocycles. The van der Waals surface area contributed by atoms with Crippen LogP contribution in [0.2, 0.25) is 0 Å². The van der Waals surface area contributed by atoms with Gasteiger partial charge in [0, 0.05) is 42.6 Å². The Morgan fingerprint density at radius 3 is 2.50 bits per heavy atom. The topological polar surface area (TPSA) is 32.3 Å². The fourth-order valence-corrected chi connectivity index (χ4v) is 3.90. The van der Waals surface area contributed by atoms with Crippen molar-refractivity contribution in [1.82, 2.24) is 14.9 Å². The zero-order valence-electron chi connectivity index (χ0n) is 13.9. The lowest BCUT2D eigenvalue weighted by Gasteiger charge is -2.32. The molecule has 0 bridgehead atoms. The Kier molecular flexibility index (Phi) is 3.38. The first kappa shape index (κ1) is 15.3. The summed E-state index contributed by atoms with van der Waals surface area (Å²) in [5.41, 5.74) is 4.36. The average Bonchev–Trinajstić information content (AvgIpc) is 3.21. The van der Waals surface area contributed by atoms with Crippen molar-refractivity contribution in [3.8, 4) is 0 Å². The van der Waals surface area contributed by atoms with Crippen LogP contribution in [0.5, 0.6) is 0 Å². The van der Waals surface area contributed by atoms with E-state index in [4.69, 9.17) is 0 Å². The molecule has 1 unspecified atom stereocenters. The summed E-state index contributed by atoms with van der Waals surface area (Å²) < 4.78 is 27.6. The summed E-state index contributed by atoms with van der Waals surface area (Å²) in [7, 11) is 0. The molecular formula is C20H16F2N4. The van der Waals surface area contributed by atoms with Gasteiger partial charge in [0.1, 0.15) is 17.8 Å². The summed E-state index contributed by atoms with van der Waals surface area (Å²) in [6, 6.07) is 9.60. The maximum Gasteiger partial charge on any atom is 0.132 e. The van der Waals surface area contributed by atoms with E-state index in [0.717, 1.165) is 42.0 Å². The Morgan fingerprint density at radius 2 is 1.69 bits per heavy atom. The van der Waals surface area contributed by atoms with Crippen molar-refractivity contribution in [3.63, 3.8) is 0 Å². The summed E-state index contributed by atoms with van der Waals surface area (Å²) in [5, 5.41) is 0. The van der Waals surface area contributed by atoms with Crippen LogP contribution in [0.3, 0.4) is 0 Å². The Balaban J connectivity index is 1.63. The van der Waals surface area contributed by atoms with Gasteiger partial charge in [0.15, 0.2) is 0 Å². The lowest BCUT2D eigenvalue weighted by atomic mass is 10.1. The number of aromatic nitrogens is 2. The van der Waals surface area contributed by atoms with Gasteiger partial charge in [0.25, 0.3) is 0 Å². The van der Waals surface area contributed by atoms with Gasteiger partial charge in [-0.15, -0.1) is 0 Å². The smallest absolute Gasteiger partial charge is 0.132 e. The molecule has 4 nitrogen and oxygen atoms in total. The van der Waals surface area contributed by atoms with Crippen molar-refractivity contribution in [3.05, 3.63) is 77.9 Å². The van der Waals surface area contributed by atoms with Crippen LogP contribution in [0.15, 0.2) is 60.7 Å². The zero-order valence-corrected chi connectivity index (χ0v) is 13.9. The predicted octanol–water partition coefficient (Wildman–Crippen LogP) is 4.36. The minimum atomic E-state index is -0.575. The molecule has 0 radical (unpaired) electrons. The quantitative estimate of drug-likeness (QED) is 0.687. The Morgan fingerprint density at radius 1 is 0.923 bits per heavy atom. The normalized spacial score (nSPS) is 19.2. The van der Waals surface area contributed by atoms with Crippen molar-refractivity contribution >= 4 is 16.7 Å². The van der Waals surface area contributed by atoms with Gasteiger partial charge in [0.2, 0.25) is 0 Å². The van der Waals surface area contributed by atoms with E-state index in [2.05, 4.69) is 14.9 Å². The maximum absolute atomic E-state index is 13.8. The molecule has 2 aliphatic heterocycles. The first-order valence-electron chi connectivity index (χ1n) is 8.61. The third-order valence-electron chi connectivity index (χ3n) is 4.98. The third-order valence-corrected chi connectivity index (χ3v) is 4.98. The molecule has 0 amide bonds. The van der Waals surface area contributed by atoms with E-state index < -0.39 is 11.6 Å². The van der Waals surface area contributed by atoms with Gasteiger partial charge in [-0.3, -0.25) is 9.97 Å². The first-order chi connectivity index (χ1) is 12.7. The Hall–Kier alpha value is -3.02. The molecule has 3 heterocycles. The molecule has 1 saturated heterocycles. The lowest BCUT2D eigenvalue weighted by molar-refractivity contribution is 0.319. The van der Waals surface area contributed by atoms with Gasteiger partial charge in [-0.05, 0) is 42.7 Å². The first-order valence-corrected chi connectivity index (χ1v) is 8.61. The third kappa shape index (κ3) is 2.41. The minimum absolute atomic E-state index is 0.139. The molecule has 0 saturated carbocycles. The number of benzene rings is 2. The summed E-state index contributed by atoms with van der Waals surface area (Å²) in [5.74, 6) is -1.15. The highest BCUT2D eigenvalue weighted by Gasteiger charge is 2.37. The van der Waals surface area contributed by atoms with Crippen LogP contribution in [-0.4, -0.2) is 21.4 Å². The highest BCUT2D eigenvalue weighted by Crippen LogP contribution is 2.43. The van der Waals surface area contributed by atoms with E-state index in [1.807, 2.05) is 29.3 Å². The van der Waals surface area contributed by atoms with Crippen molar-refractivity contribution < 1.29 is 8.78 Å². The van der Waals surface area contributed by atoms with Crippen LogP contribution in [0.1, 0.15) is 24.6 Å². The second kappa shape index (κ2) is 5.76. The molecule has 3 aromatic rings. The van der Waals surface area contributed by atoms with Crippen molar-refractivity contribution in [1.29, 1.82) is 0 Å². The van der Waals surface area contributed by atoms with Gasteiger partial charge >= 0.3 is 0 Å². The minimum Gasteiger partial charge on any atom is -0.349 e. The molecule has 2 aliphatic rings. The van der Waals surface area contributed by atoms with Crippen LogP contribution < -0.4 is 4.90 Å². The Labute approximate surface area is 149 Å². The Bertz CT molecular complexity index is 1010. The molecular weight excluding hydrogens is 334 g/mol. The standard InChI is InChI=1S/C20H16F2N4/c21-14-9-15(22)11-17(10-14)26-12-16-2-1-7-25(16)20(26)13-3-4-18-19(8-13)24-6-5-23-18/h3-6,8-12,20H,1-2,7H2. The monoisotopic (exact) mass is 350 g/mol. The zero-order chi connectivity index (χ0) is 17.7. The van der Waals surface area contributed by atoms with Gasteiger partial charge in [0.05, 0.1) is 11.0 Å². The largest absolute Gasteiger partial charge is 0.349 e. The molecule has 130 valence electrons. The van der Waals surface area contributed by atoms with E-state index in [9.17, 15) is 8.78 Å². The molecule has 5 rings (SSSR count). The van der Waals surface area contributed by atoms with Crippen molar-refractivity contribution in [2.24, 2.45) is 0 Å². The number of hydrogen-bond donors (Lipinski definition) is 0. The molecule has 6 heteroatoms. The van der Waals surface area contributed by atoms with E-state index in [1.54, 1.807) is 12.4 Å². The van der Waals surface area contributed by atoms with Gasteiger partial charge < -0.3 is 9.80 Å².